The Morgan fingerprint density at radius 2 is 1.79 bits per heavy atom. The average molecular weight is 264 g/mol. The lowest BCUT2D eigenvalue weighted by molar-refractivity contribution is -0.0108. The van der Waals surface area contributed by atoms with Crippen molar-refractivity contribution in [2.45, 2.75) is 78.7 Å². The third-order valence-corrected chi connectivity index (χ3v) is 7.95. The van der Waals surface area contributed by atoms with Gasteiger partial charge in [0.1, 0.15) is 0 Å². The Morgan fingerprint density at radius 1 is 1.05 bits per heavy atom. The monoisotopic (exact) mass is 264 g/mol. The Labute approximate surface area is 119 Å². The van der Waals surface area contributed by atoms with Gasteiger partial charge in [0.2, 0.25) is 0 Å². The maximum absolute atomic E-state index is 10.4. The van der Waals surface area contributed by atoms with Gasteiger partial charge in [-0.25, -0.2) is 0 Å². The summed E-state index contributed by atoms with van der Waals surface area (Å²) < 4.78 is 0. The van der Waals surface area contributed by atoms with Gasteiger partial charge in [-0.2, -0.15) is 0 Å². The van der Waals surface area contributed by atoms with Crippen molar-refractivity contribution in [3.05, 3.63) is 0 Å². The number of fused-ring (bicyclic) bond motifs is 2. The van der Waals surface area contributed by atoms with Crippen LogP contribution >= 0.6 is 0 Å². The first-order chi connectivity index (χ1) is 8.90. The SMILES string of the molecule is CCC1CCC([C@H]2C[C@@H]3CC[C@@]2(C)C3(C)C)CC1O. The average Bonchev–Trinajstić information content (AvgIpc) is 2.71. The minimum atomic E-state index is -0.0189. The van der Waals surface area contributed by atoms with E-state index in [0.717, 1.165) is 30.6 Å². The van der Waals surface area contributed by atoms with Gasteiger partial charge in [-0.05, 0) is 73.0 Å². The molecule has 3 fully saturated rings. The minimum absolute atomic E-state index is 0.0189. The molecule has 3 rings (SSSR count). The molecule has 3 aliphatic rings. The molecule has 0 aromatic carbocycles. The Kier molecular flexibility index (Phi) is 3.28. The van der Waals surface area contributed by atoms with Crippen molar-refractivity contribution < 1.29 is 5.11 Å². The van der Waals surface area contributed by atoms with E-state index in [4.69, 9.17) is 0 Å². The molecule has 0 amide bonds. The van der Waals surface area contributed by atoms with Crippen LogP contribution in [0, 0.1) is 34.5 Å². The van der Waals surface area contributed by atoms with Crippen LogP contribution in [0.2, 0.25) is 0 Å². The van der Waals surface area contributed by atoms with Crippen molar-refractivity contribution in [2.75, 3.05) is 0 Å². The molecule has 0 aliphatic heterocycles. The van der Waals surface area contributed by atoms with Gasteiger partial charge in [0.25, 0.3) is 0 Å². The lowest BCUT2D eigenvalue weighted by Gasteiger charge is -2.45. The molecular formula is C18H32O. The first-order valence-corrected chi connectivity index (χ1v) is 8.58. The fourth-order valence-electron chi connectivity index (χ4n) is 6.06. The smallest absolute Gasteiger partial charge is 0.0571 e. The molecule has 0 saturated heterocycles. The maximum atomic E-state index is 10.4. The van der Waals surface area contributed by atoms with E-state index in [-0.39, 0.29) is 6.10 Å². The lowest BCUT2D eigenvalue weighted by atomic mass is 9.60. The second-order valence-corrected chi connectivity index (χ2v) is 8.53. The molecule has 3 aliphatic carbocycles. The van der Waals surface area contributed by atoms with Crippen molar-refractivity contribution in [3.8, 4) is 0 Å². The van der Waals surface area contributed by atoms with E-state index < -0.39 is 0 Å². The van der Waals surface area contributed by atoms with E-state index in [9.17, 15) is 5.11 Å². The normalized spacial score (nSPS) is 52.6. The predicted molar refractivity (Wildman–Crippen MR) is 79.8 cm³/mol. The molecule has 1 heteroatoms. The molecule has 0 radical (unpaired) electrons. The van der Waals surface area contributed by atoms with E-state index in [1.165, 1.54) is 32.1 Å². The largest absolute Gasteiger partial charge is 0.393 e. The zero-order valence-corrected chi connectivity index (χ0v) is 13.3. The van der Waals surface area contributed by atoms with Crippen LogP contribution in [0.25, 0.3) is 0 Å². The van der Waals surface area contributed by atoms with Crippen molar-refractivity contribution in [2.24, 2.45) is 34.5 Å². The maximum Gasteiger partial charge on any atom is 0.0571 e. The molecule has 3 unspecified atom stereocenters. The molecule has 19 heavy (non-hydrogen) atoms. The number of hydrogen-bond donors (Lipinski definition) is 1. The van der Waals surface area contributed by atoms with E-state index in [1.54, 1.807) is 0 Å². The molecule has 0 aromatic heterocycles. The summed E-state index contributed by atoms with van der Waals surface area (Å²) in [6.07, 6.45) is 9.18. The lowest BCUT2D eigenvalue weighted by Crippen LogP contribution is -2.40. The summed E-state index contributed by atoms with van der Waals surface area (Å²) >= 11 is 0. The Bertz CT molecular complexity index is 348. The predicted octanol–water partition coefficient (Wildman–Crippen LogP) is 4.64. The molecule has 1 nitrogen and oxygen atoms in total. The van der Waals surface area contributed by atoms with E-state index in [1.807, 2.05) is 0 Å². The van der Waals surface area contributed by atoms with E-state index >= 15 is 0 Å². The Morgan fingerprint density at radius 3 is 2.26 bits per heavy atom. The van der Waals surface area contributed by atoms with Crippen molar-refractivity contribution in [1.82, 2.24) is 0 Å². The standard InChI is InChI=1S/C18H32O/c1-5-12-6-7-13(10-16(12)19)15-11-14-8-9-18(15,4)17(14,2)3/h12-16,19H,5-11H2,1-4H3/t12?,13?,14-,15+,16?,18+/m0/s1. The van der Waals surface area contributed by atoms with Gasteiger partial charge in [0.05, 0.1) is 6.10 Å². The second kappa shape index (κ2) is 4.48. The fourth-order valence-corrected chi connectivity index (χ4v) is 6.06. The highest BCUT2D eigenvalue weighted by molar-refractivity contribution is 5.11. The molecule has 6 atom stereocenters. The molecule has 0 spiro atoms. The summed E-state index contributed by atoms with van der Waals surface area (Å²) in [6, 6.07) is 0. The zero-order chi connectivity index (χ0) is 13.8. The summed E-state index contributed by atoms with van der Waals surface area (Å²) in [5.74, 6) is 3.21. The van der Waals surface area contributed by atoms with Gasteiger partial charge in [-0.1, -0.05) is 34.1 Å². The van der Waals surface area contributed by atoms with Crippen LogP contribution < -0.4 is 0 Å². The first-order valence-electron chi connectivity index (χ1n) is 8.58. The number of hydrogen-bond acceptors (Lipinski definition) is 1. The van der Waals surface area contributed by atoms with Crippen LogP contribution in [0.15, 0.2) is 0 Å². The van der Waals surface area contributed by atoms with Gasteiger partial charge in [-0.3, -0.25) is 0 Å². The van der Waals surface area contributed by atoms with Crippen LogP contribution in [-0.2, 0) is 0 Å². The van der Waals surface area contributed by atoms with Gasteiger partial charge in [-0.15, -0.1) is 0 Å². The number of aliphatic hydroxyl groups excluding tert-OH is 1. The van der Waals surface area contributed by atoms with Gasteiger partial charge >= 0.3 is 0 Å². The molecule has 0 aromatic rings. The second-order valence-electron chi connectivity index (χ2n) is 8.53. The zero-order valence-electron chi connectivity index (χ0n) is 13.3. The molecular weight excluding hydrogens is 232 g/mol. The van der Waals surface area contributed by atoms with Crippen molar-refractivity contribution in [1.29, 1.82) is 0 Å². The highest BCUT2D eigenvalue weighted by atomic mass is 16.3. The summed E-state index contributed by atoms with van der Waals surface area (Å²) in [7, 11) is 0. The minimum Gasteiger partial charge on any atom is -0.393 e. The van der Waals surface area contributed by atoms with Gasteiger partial charge in [0, 0.05) is 0 Å². The molecule has 3 saturated carbocycles. The first kappa shape index (κ1) is 13.9. The highest BCUT2D eigenvalue weighted by Crippen LogP contribution is 2.70. The summed E-state index contributed by atoms with van der Waals surface area (Å²) in [5, 5.41) is 10.4. The Hall–Kier alpha value is -0.0400. The third-order valence-electron chi connectivity index (χ3n) is 7.95. The number of rotatable bonds is 2. The fraction of sp³-hybridized carbons (Fsp3) is 1.00. The molecule has 0 heterocycles. The topological polar surface area (TPSA) is 20.2 Å². The van der Waals surface area contributed by atoms with Crippen LogP contribution in [0.5, 0.6) is 0 Å². The van der Waals surface area contributed by atoms with E-state index in [2.05, 4.69) is 27.7 Å². The molecule has 2 bridgehead atoms. The Balaban J connectivity index is 1.75. The third kappa shape index (κ3) is 1.83. The quantitative estimate of drug-likeness (QED) is 0.770. The van der Waals surface area contributed by atoms with Crippen molar-refractivity contribution >= 4 is 0 Å². The van der Waals surface area contributed by atoms with Crippen LogP contribution in [0.4, 0.5) is 0 Å². The van der Waals surface area contributed by atoms with Crippen LogP contribution in [-0.4, -0.2) is 11.2 Å². The van der Waals surface area contributed by atoms with Crippen LogP contribution in [0.3, 0.4) is 0 Å². The summed E-state index contributed by atoms with van der Waals surface area (Å²) in [5.41, 5.74) is 1.07. The summed E-state index contributed by atoms with van der Waals surface area (Å²) in [6.45, 7) is 9.82. The van der Waals surface area contributed by atoms with Crippen LogP contribution in [0.1, 0.15) is 72.6 Å². The van der Waals surface area contributed by atoms with Gasteiger partial charge in [0.15, 0.2) is 0 Å². The summed E-state index contributed by atoms with van der Waals surface area (Å²) in [4.78, 5) is 0. The van der Waals surface area contributed by atoms with E-state index in [0.29, 0.717) is 16.7 Å². The van der Waals surface area contributed by atoms with Crippen molar-refractivity contribution in [3.63, 3.8) is 0 Å². The molecule has 110 valence electrons. The number of aliphatic hydroxyl groups is 1. The molecule has 1 N–H and O–H groups in total. The highest BCUT2D eigenvalue weighted by Gasteiger charge is 2.62. The van der Waals surface area contributed by atoms with Gasteiger partial charge < -0.3 is 5.11 Å².